The van der Waals surface area contributed by atoms with Crippen molar-refractivity contribution in [2.45, 2.75) is 38.6 Å². The van der Waals surface area contributed by atoms with Crippen molar-refractivity contribution in [3.8, 4) is 0 Å². The molecule has 1 fully saturated rings. The van der Waals surface area contributed by atoms with Crippen molar-refractivity contribution < 1.29 is 17.9 Å². The van der Waals surface area contributed by atoms with Gasteiger partial charge in [0.25, 0.3) is 0 Å². The Bertz CT molecular complexity index is 371. The molecule has 0 aromatic heterocycles. The summed E-state index contributed by atoms with van der Waals surface area (Å²) in [6.45, 7) is 2.40. The number of ether oxygens (including phenoxy) is 1. The number of nitrogens with zero attached hydrogens (tertiary/aromatic N) is 1. The first-order chi connectivity index (χ1) is 8.53. The van der Waals surface area contributed by atoms with Crippen LogP contribution in [-0.4, -0.2) is 49.5 Å². The van der Waals surface area contributed by atoms with Crippen LogP contribution < -0.4 is 0 Å². The van der Waals surface area contributed by atoms with E-state index in [4.69, 9.17) is 16.3 Å². The summed E-state index contributed by atoms with van der Waals surface area (Å²) in [5.41, 5.74) is 0. The molecule has 0 N–H and O–H groups in total. The van der Waals surface area contributed by atoms with Gasteiger partial charge in [-0.15, -0.1) is 11.6 Å². The highest BCUT2D eigenvalue weighted by Crippen LogP contribution is 2.23. The van der Waals surface area contributed by atoms with E-state index >= 15 is 0 Å². The Morgan fingerprint density at radius 3 is 2.78 bits per heavy atom. The van der Waals surface area contributed by atoms with Crippen LogP contribution in [0.1, 0.15) is 32.6 Å². The molecule has 1 unspecified atom stereocenters. The van der Waals surface area contributed by atoms with E-state index in [1.807, 2.05) is 0 Å². The molecule has 7 heteroatoms. The Kier molecular flexibility index (Phi) is 6.38. The van der Waals surface area contributed by atoms with Crippen LogP contribution in [0.15, 0.2) is 0 Å². The molecule has 106 valence electrons. The van der Waals surface area contributed by atoms with E-state index in [0.29, 0.717) is 38.1 Å². The fraction of sp³-hybridized carbons (Fsp3) is 0.909. The third-order valence-corrected chi connectivity index (χ3v) is 5.13. The smallest absolute Gasteiger partial charge is 0.324 e. The highest BCUT2D eigenvalue weighted by molar-refractivity contribution is 7.89. The summed E-state index contributed by atoms with van der Waals surface area (Å²) in [4.78, 5) is 11.7. The number of carbonyl (C=O) groups excluding carboxylic acids is 1. The zero-order chi connectivity index (χ0) is 13.6. The summed E-state index contributed by atoms with van der Waals surface area (Å²) in [6.07, 6.45) is 2.45. The minimum atomic E-state index is -3.37. The molecule has 5 nitrogen and oxygen atoms in total. The van der Waals surface area contributed by atoms with Crippen molar-refractivity contribution in [3.05, 3.63) is 0 Å². The lowest BCUT2D eigenvalue weighted by molar-refractivity contribution is -0.146. The molecule has 0 bridgehead atoms. The van der Waals surface area contributed by atoms with Crippen LogP contribution in [0.4, 0.5) is 0 Å². The van der Waals surface area contributed by atoms with Crippen LogP contribution in [0.25, 0.3) is 0 Å². The van der Waals surface area contributed by atoms with Gasteiger partial charge in [-0.2, -0.15) is 4.31 Å². The SMILES string of the molecule is CCOC(=O)C1CCCN1S(=O)(=O)CCCCCl. The van der Waals surface area contributed by atoms with Gasteiger partial charge in [-0.1, -0.05) is 0 Å². The zero-order valence-electron chi connectivity index (χ0n) is 10.6. The molecule has 18 heavy (non-hydrogen) atoms. The van der Waals surface area contributed by atoms with Crippen molar-refractivity contribution in [2.75, 3.05) is 24.8 Å². The van der Waals surface area contributed by atoms with Crippen LogP contribution in [0.2, 0.25) is 0 Å². The highest BCUT2D eigenvalue weighted by Gasteiger charge is 2.38. The van der Waals surface area contributed by atoms with E-state index in [-0.39, 0.29) is 12.4 Å². The van der Waals surface area contributed by atoms with E-state index in [0.717, 1.165) is 0 Å². The van der Waals surface area contributed by atoms with E-state index in [1.54, 1.807) is 6.92 Å². The summed E-state index contributed by atoms with van der Waals surface area (Å²) in [7, 11) is -3.37. The number of halogens is 1. The molecule has 0 radical (unpaired) electrons. The molecule has 0 spiro atoms. The molecule has 0 aromatic carbocycles. The third kappa shape index (κ3) is 4.10. The minimum absolute atomic E-state index is 0.0512. The molecule has 1 saturated heterocycles. The number of carbonyl (C=O) groups is 1. The lowest BCUT2D eigenvalue weighted by Crippen LogP contribution is -2.42. The Labute approximate surface area is 113 Å². The van der Waals surface area contributed by atoms with Crippen molar-refractivity contribution in [3.63, 3.8) is 0 Å². The Morgan fingerprint density at radius 1 is 1.44 bits per heavy atom. The first-order valence-electron chi connectivity index (χ1n) is 6.25. The van der Waals surface area contributed by atoms with Crippen molar-refractivity contribution in [1.29, 1.82) is 0 Å². The van der Waals surface area contributed by atoms with Crippen molar-refractivity contribution in [2.24, 2.45) is 0 Å². The maximum absolute atomic E-state index is 12.1. The number of alkyl halides is 1. The maximum Gasteiger partial charge on any atom is 0.324 e. The molecular weight excluding hydrogens is 278 g/mol. The molecule has 0 amide bonds. The van der Waals surface area contributed by atoms with Crippen LogP contribution in [0, 0.1) is 0 Å². The molecule has 1 aliphatic heterocycles. The Balaban J connectivity index is 2.65. The van der Waals surface area contributed by atoms with Gasteiger partial charge >= 0.3 is 5.97 Å². The molecular formula is C11H20ClNO4S. The second kappa shape index (κ2) is 7.31. The standard InChI is InChI=1S/C11H20ClNO4S/c1-2-17-11(14)10-6-5-8-13(10)18(15,16)9-4-3-7-12/h10H,2-9H2,1H3. The summed E-state index contributed by atoms with van der Waals surface area (Å²) < 4.78 is 30.4. The van der Waals surface area contributed by atoms with Gasteiger partial charge in [0.15, 0.2) is 0 Å². The van der Waals surface area contributed by atoms with Gasteiger partial charge in [-0.05, 0) is 32.6 Å². The summed E-state index contributed by atoms with van der Waals surface area (Å²) in [5.74, 6) is 0.0721. The van der Waals surface area contributed by atoms with E-state index < -0.39 is 22.0 Å². The first-order valence-corrected chi connectivity index (χ1v) is 8.39. The largest absolute Gasteiger partial charge is 0.465 e. The lowest BCUT2D eigenvalue weighted by Gasteiger charge is -2.22. The molecule has 0 saturated carbocycles. The van der Waals surface area contributed by atoms with E-state index in [1.165, 1.54) is 4.31 Å². The van der Waals surface area contributed by atoms with Gasteiger partial charge in [-0.3, -0.25) is 4.79 Å². The van der Waals surface area contributed by atoms with Gasteiger partial charge in [0.1, 0.15) is 6.04 Å². The molecule has 1 heterocycles. The Morgan fingerprint density at radius 2 is 2.17 bits per heavy atom. The number of sulfonamides is 1. The topological polar surface area (TPSA) is 63.7 Å². The van der Waals surface area contributed by atoms with E-state index in [2.05, 4.69) is 0 Å². The van der Waals surface area contributed by atoms with Crippen LogP contribution in [-0.2, 0) is 19.6 Å². The lowest BCUT2D eigenvalue weighted by atomic mass is 10.2. The van der Waals surface area contributed by atoms with Gasteiger partial charge < -0.3 is 4.74 Å². The molecule has 0 aromatic rings. The number of esters is 1. The summed E-state index contributed by atoms with van der Waals surface area (Å²) in [6, 6.07) is -0.633. The predicted octanol–water partition coefficient (Wildman–Crippen LogP) is 1.36. The third-order valence-electron chi connectivity index (χ3n) is 2.91. The Hall–Kier alpha value is -0.330. The zero-order valence-corrected chi connectivity index (χ0v) is 12.2. The molecule has 0 aliphatic carbocycles. The summed E-state index contributed by atoms with van der Waals surface area (Å²) >= 11 is 5.53. The average Bonchev–Trinajstić information content (AvgIpc) is 2.79. The first kappa shape index (κ1) is 15.7. The normalized spacial score (nSPS) is 21.1. The monoisotopic (exact) mass is 297 g/mol. The molecule has 1 aliphatic rings. The maximum atomic E-state index is 12.1. The van der Waals surface area contributed by atoms with Gasteiger partial charge in [0.2, 0.25) is 10.0 Å². The number of hydrogen-bond donors (Lipinski definition) is 0. The van der Waals surface area contributed by atoms with Gasteiger partial charge in [0.05, 0.1) is 12.4 Å². The fourth-order valence-corrected chi connectivity index (χ4v) is 4.02. The summed E-state index contributed by atoms with van der Waals surface area (Å²) in [5, 5.41) is 0. The number of rotatable bonds is 7. The average molecular weight is 298 g/mol. The minimum Gasteiger partial charge on any atom is -0.465 e. The van der Waals surface area contributed by atoms with Crippen LogP contribution in [0.5, 0.6) is 0 Å². The predicted molar refractivity (Wildman–Crippen MR) is 70.1 cm³/mol. The second-order valence-corrected chi connectivity index (χ2v) is 6.65. The number of hydrogen-bond acceptors (Lipinski definition) is 4. The molecule has 1 rings (SSSR count). The fourth-order valence-electron chi connectivity index (χ4n) is 2.04. The van der Waals surface area contributed by atoms with Crippen molar-refractivity contribution in [1.82, 2.24) is 4.31 Å². The van der Waals surface area contributed by atoms with Crippen molar-refractivity contribution >= 4 is 27.6 Å². The quantitative estimate of drug-likeness (QED) is 0.404. The van der Waals surface area contributed by atoms with Crippen LogP contribution >= 0.6 is 11.6 Å². The van der Waals surface area contributed by atoms with E-state index in [9.17, 15) is 13.2 Å². The van der Waals surface area contributed by atoms with Gasteiger partial charge in [0, 0.05) is 12.4 Å². The number of unbranched alkanes of at least 4 members (excludes halogenated alkanes) is 1. The van der Waals surface area contributed by atoms with Crippen LogP contribution in [0.3, 0.4) is 0 Å². The van der Waals surface area contributed by atoms with Gasteiger partial charge in [-0.25, -0.2) is 8.42 Å². The highest BCUT2D eigenvalue weighted by atomic mass is 35.5. The molecule has 1 atom stereocenters. The second-order valence-electron chi connectivity index (χ2n) is 4.23.